The fraction of sp³-hybridized carbons (Fsp3) is 0. The molecule has 70 valence electrons. The molecule has 1 N–H and O–H groups in total. The summed E-state index contributed by atoms with van der Waals surface area (Å²) in [5, 5.41) is 0. The van der Waals surface area contributed by atoms with E-state index in [-0.39, 0.29) is 11.4 Å². The van der Waals surface area contributed by atoms with Gasteiger partial charge in [-0.2, -0.15) is 0 Å². The quantitative estimate of drug-likeness (QED) is 0.732. The lowest BCUT2D eigenvalue weighted by molar-refractivity contribution is 0.628. The Morgan fingerprint density at radius 1 is 1.00 bits per heavy atom. The number of benzene rings is 1. The Morgan fingerprint density at radius 3 is 2.36 bits per heavy atom. The van der Waals surface area contributed by atoms with E-state index < -0.39 is 0 Å². The molecule has 1 aromatic carbocycles. The summed E-state index contributed by atoms with van der Waals surface area (Å²) in [7, 11) is 0. The summed E-state index contributed by atoms with van der Waals surface area (Å²) in [6, 6.07) is 10.8. The van der Waals surface area contributed by atoms with Crippen molar-refractivity contribution in [2.45, 2.75) is 0 Å². The van der Waals surface area contributed by atoms with Crippen molar-refractivity contribution in [1.82, 2.24) is 4.98 Å². The Kier molecular flexibility index (Phi) is 2.14. The van der Waals surface area contributed by atoms with Crippen LogP contribution in [0.3, 0.4) is 0 Å². The Hall–Kier alpha value is -1.90. The van der Waals surface area contributed by atoms with Gasteiger partial charge in [-0.1, -0.05) is 6.07 Å². The van der Waals surface area contributed by atoms with E-state index in [1.165, 1.54) is 18.2 Å². The molecular weight excluding hydrogens is 181 g/mol. The molecule has 1 heterocycles. The summed E-state index contributed by atoms with van der Waals surface area (Å²) >= 11 is 0. The molecule has 0 unspecified atom stereocenters. The van der Waals surface area contributed by atoms with E-state index in [4.69, 9.17) is 0 Å². The Bertz CT molecular complexity index is 487. The van der Waals surface area contributed by atoms with Gasteiger partial charge in [-0.15, -0.1) is 0 Å². The second-order valence-corrected chi connectivity index (χ2v) is 2.94. The molecule has 0 saturated carbocycles. The van der Waals surface area contributed by atoms with Crippen LogP contribution >= 0.6 is 0 Å². The van der Waals surface area contributed by atoms with Crippen LogP contribution < -0.4 is 5.56 Å². The van der Waals surface area contributed by atoms with Crippen LogP contribution in [0.15, 0.2) is 47.3 Å². The van der Waals surface area contributed by atoms with Crippen LogP contribution in [-0.4, -0.2) is 4.98 Å². The highest BCUT2D eigenvalue weighted by atomic mass is 19.1. The van der Waals surface area contributed by atoms with Crippen molar-refractivity contribution < 1.29 is 4.39 Å². The van der Waals surface area contributed by atoms with Gasteiger partial charge in [-0.05, 0) is 35.9 Å². The zero-order chi connectivity index (χ0) is 9.97. The molecule has 0 aliphatic carbocycles. The predicted molar refractivity (Wildman–Crippen MR) is 52.5 cm³/mol. The van der Waals surface area contributed by atoms with Gasteiger partial charge in [0.25, 0.3) is 0 Å². The summed E-state index contributed by atoms with van der Waals surface area (Å²) in [5.74, 6) is -0.285. The highest BCUT2D eigenvalue weighted by Crippen LogP contribution is 2.14. The molecule has 0 saturated heterocycles. The maximum atomic E-state index is 12.6. The van der Waals surface area contributed by atoms with Crippen LogP contribution in [0.5, 0.6) is 0 Å². The van der Waals surface area contributed by atoms with Crippen molar-refractivity contribution in [3.05, 3.63) is 58.6 Å². The Morgan fingerprint density at radius 2 is 1.71 bits per heavy atom. The third-order valence-corrected chi connectivity index (χ3v) is 1.92. The van der Waals surface area contributed by atoms with E-state index in [0.717, 1.165) is 5.56 Å². The summed E-state index contributed by atoms with van der Waals surface area (Å²) < 4.78 is 12.6. The molecule has 0 spiro atoms. The van der Waals surface area contributed by atoms with Crippen LogP contribution in [0.4, 0.5) is 4.39 Å². The Labute approximate surface area is 80.0 Å². The van der Waals surface area contributed by atoms with Crippen molar-refractivity contribution in [2.24, 2.45) is 0 Å². The minimum absolute atomic E-state index is 0.160. The standard InChI is InChI=1S/C11H8FNO/c12-9-6-4-8(5-7-9)10-2-1-3-11(14)13-10/h1-7H,(H,13,14). The normalized spacial score (nSPS) is 10.1. The smallest absolute Gasteiger partial charge is 0.248 e. The van der Waals surface area contributed by atoms with Crippen molar-refractivity contribution in [2.75, 3.05) is 0 Å². The molecule has 14 heavy (non-hydrogen) atoms. The first-order valence-electron chi connectivity index (χ1n) is 4.21. The number of nitrogens with one attached hydrogen (secondary N) is 1. The summed E-state index contributed by atoms with van der Waals surface area (Å²) in [5.41, 5.74) is 1.33. The van der Waals surface area contributed by atoms with Crippen molar-refractivity contribution in [3.63, 3.8) is 0 Å². The molecular formula is C11H8FNO. The maximum absolute atomic E-state index is 12.6. The first-order chi connectivity index (χ1) is 6.75. The van der Waals surface area contributed by atoms with Gasteiger partial charge >= 0.3 is 0 Å². The van der Waals surface area contributed by atoms with Gasteiger partial charge < -0.3 is 4.98 Å². The number of pyridine rings is 1. The van der Waals surface area contributed by atoms with Gasteiger partial charge in [-0.3, -0.25) is 4.79 Å². The molecule has 0 aliphatic heterocycles. The Balaban J connectivity index is 2.50. The zero-order valence-electron chi connectivity index (χ0n) is 7.33. The van der Waals surface area contributed by atoms with Gasteiger partial charge in [0.15, 0.2) is 0 Å². The van der Waals surface area contributed by atoms with Gasteiger partial charge in [0.1, 0.15) is 5.82 Å². The van der Waals surface area contributed by atoms with Crippen LogP contribution in [0, 0.1) is 5.82 Å². The van der Waals surface area contributed by atoms with E-state index in [2.05, 4.69) is 4.98 Å². The molecule has 2 nitrogen and oxygen atoms in total. The van der Waals surface area contributed by atoms with Crippen molar-refractivity contribution >= 4 is 0 Å². The van der Waals surface area contributed by atoms with Crippen LogP contribution in [0.1, 0.15) is 0 Å². The minimum Gasteiger partial charge on any atom is -0.322 e. The molecule has 0 amide bonds. The van der Waals surface area contributed by atoms with E-state index in [1.54, 1.807) is 24.3 Å². The largest absolute Gasteiger partial charge is 0.322 e. The number of aromatic amines is 1. The van der Waals surface area contributed by atoms with Crippen LogP contribution in [0.25, 0.3) is 11.3 Å². The summed E-state index contributed by atoms with van der Waals surface area (Å²) in [6.07, 6.45) is 0. The molecule has 3 heteroatoms. The summed E-state index contributed by atoms with van der Waals surface area (Å²) in [6.45, 7) is 0. The number of rotatable bonds is 1. The second kappa shape index (κ2) is 3.46. The van der Waals surface area contributed by atoms with Gasteiger partial charge in [-0.25, -0.2) is 4.39 Å². The SMILES string of the molecule is O=c1cccc(-c2ccc(F)cc2)[nH]1. The number of halogens is 1. The third kappa shape index (κ3) is 1.71. The molecule has 1 aromatic heterocycles. The minimum atomic E-state index is -0.285. The van der Waals surface area contributed by atoms with E-state index in [1.807, 2.05) is 0 Å². The molecule has 2 rings (SSSR count). The van der Waals surface area contributed by atoms with Gasteiger partial charge in [0.2, 0.25) is 5.56 Å². The number of hydrogen-bond donors (Lipinski definition) is 1. The number of aromatic nitrogens is 1. The van der Waals surface area contributed by atoms with Crippen LogP contribution in [-0.2, 0) is 0 Å². The third-order valence-electron chi connectivity index (χ3n) is 1.92. The molecule has 0 radical (unpaired) electrons. The van der Waals surface area contributed by atoms with E-state index in [0.29, 0.717) is 5.69 Å². The topological polar surface area (TPSA) is 32.9 Å². The monoisotopic (exact) mass is 189 g/mol. The van der Waals surface area contributed by atoms with E-state index in [9.17, 15) is 9.18 Å². The van der Waals surface area contributed by atoms with Gasteiger partial charge in [0, 0.05) is 11.8 Å². The molecule has 0 aliphatic rings. The fourth-order valence-electron chi connectivity index (χ4n) is 1.25. The number of hydrogen-bond acceptors (Lipinski definition) is 1. The summed E-state index contributed by atoms with van der Waals surface area (Å²) in [4.78, 5) is 13.7. The molecule has 0 fully saturated rings. The highest BCUT2D eigenvalue weighted by Gasteiger charge is 1.97. The first kappa shape index (κ1) is 8.69. The lowest BCUT2D eigenvalue weighted by Crippen LogP contribution is -2.03. The predicted octanol–water partition coefficient (Wildman–Crippen LogP) is 2.18. The highest BCUT2D eigenvalue weighted by molar-refractivity contribution is 5.58. The zero-order valence-corrected chi connectivity index (χ0v) is 7.33. The maximum Gasteiger partial charge on any atom is 0.248 e. The lowest BCUT2D eigenvalue weighted by Gasteiger charge is -1.99. The molecule has 2 aromatic rings. The number of H-pyrrole nitrogens is 1. The molecule has 0 bridgehead atoms. The van der Waals surface area contributed by atoms with Crippen molar-refractivity contribution in [3.8, 4) is 11.3 Å². The van der Waals surface area contributed by atoms with E-state index >= 15 is 0 Å². The second-order valence-electron chi connectivity index (χ2n) is 2.94. The van der Waals surface area contributed by atoms with Gasteiger partial charge in [0.05, 0.1) is 0 Å². The first-order valence-corrected chi connectivity index (χ1v) is 4.21. The molecule has 0 atom stereocenters. The fourth-order valence-corrected chi connectivity index (χ4v) is 1.25. The average molecular weight is 189 g/mol. The lowest BCUT2D eigenvalue weighted by atomic mass is 10.1. The van der Waals surface area contributed by atoms with Crippen LogP contribution in [0.2, 0.25) is 0 Å². The average Bonchev–Trinajstić information content (AvgIpc) is 2.19. The van der Waals surface area contributed by atoms with Crippen molar-refractivity contribution in [1.29, 1.82) is 0 Å².